The molecule has 5 N–H and O–H groups in total. The van der Waals surface area contributed by atoms with E-state index in [1.807, 2.05) is 134 Å². The fourth-order valence-corrected chi connectivity index (χ4v) is 32.3. The predicted octanol–water partition coefficient (Wildman–Crippen LogP) is 22.8. The van der Waals surface area contributed by atoms with Crippen LogP contribution in [0.5, 0.6) is 0 Å². The summed E-state index contributed by atoms with van der Waals surface area (Å²) in [5.74, 6) is -0.0638. The van der Waals surface area contributed by atoms with E-state index in [1.165, 1.54) is 289 Å². The third-order valence-corrected chi connectivity index (χ3v) is 38.5. The standard InChI is InChI=1S/2C25H35N3O2.2C24H33N3O2.C22H31N3O/c2*1-25-15-9-12-19(28(25)18-10-5-3-2-4-6-11-18)16-20(17-25)27-22-14-8-7-13-21(22)26-23(29)24(27)30;2*1-24-14-13-18(27(24)17-9-5-3-2-4-6-10-17)15-19(16-24)26-21-12-8-7-11-20(21)25-22(28)23(26)29;1-17-22(26)23-20-11-7-8-12-21(20)25(17)19-13-15-24(16-14-19)18-9-5-3-2-4-6-10-18/h2*7-8,13-14,18-20H,2-6,9-12,15-17H2,1H3,(H,26,29);2*7-8,11-12,17-19H,2-6,9-10,13-16H2,1H3,(H,25,28);7-8,11-12,18-19H,1-6,9-10,13-16H2,(H,23,26)/t19-,20+,25+;19-,20-,25+;18-,19+,24+;18-,19-,24+;/m0000./s1. The summed E-state index contributed by atoms with van der Waals surface area (Å²) in [6, 6.07) is 45.5. The number of piperidine rings is 7. The molecule has 9 saturated heterocycles. The van der Waals surface area contributed by atoms with Crippen LogP contribution in [0, 0.1) is 0 Å². The van der Waals surface area contributed by atoms with Crippen molar-refractivity contribution >= 4 is 61.4 Å². The van der Waals surface area contributed by atoms with Crippen molar-refractivity contribution in [1.29, 1.82) is 0 Å². The number of hydrogen-bond donors (Lipinski definition) is 5. The molecule has 14 heterocycles. The fourth-order valence-electron chi connectivity index (χ4n) is 32.3. The van der Waals surface area contributed by atoms with Gasteiger partial charge in [-0.3, -0.25) is 81.0 Å². The first-order chi connectivity index (χ1) is 70.0. The first-order valence-electron chi connectivity index (χ1n) is 57.7. The molecule has 4 aromatic heterocycles. The van der Waals surface area contributed by atoms with Crippen LogP contribution in [0.25, 0.3) is 44.1 Å². The molecule has 12 atom stereocenters. The molecule has 1 amide bonds. The highest BCUT2D eigenvalue weighted by Gasteiger charge is 2.56. The number of benzene rings is 5. The van der Waals surface area contributed by atoms with Crippen molar-refractivity contribution in [2.75, 3.05) is 23.3 Å². The molecule has 8 bridgehead atoms. The first-order valence-corrected chi connectivity index (χ1v) is 57.7. The van der Waals surface area contributed by atoms with Gasteiger partial charge in [-0.25, -0.2) is 0 Å². The minimum absolute atomic E-state index is 0.0638. The fraction of sp³-hybridized carbons (Fsp3) is 0.658. The number of aromatic nitrogens is 8. The van der Waals surface area contributed by atoms with E-state index in [2.05, 4.69) is 95.0 Å². The Morgan fingerprint density at radius 1 is 0.257 bits per heavy atom. The van der Waals surface area contributed by atoms with E-state index in [0.717, 1.165) is 139 Å². The number of anilines is 2. The SMILES string of the molecule is C=C1C(=O)Nc2ccccc2N1C1CCN(C2CCCCCCC2)CC1.C[C@@]12CCC[C@@H](C[C@@H](n3c(=O)c(=O)[nH]c4ccccc43)C1)N2C1CCCCCCC1.C[C@@]12CCC[C@@H](C[C@H](n3c(=O)c(=O)[nH]c4ccccc43)C1)N2C1CCCCCCC1.C[C@@]12CC[C@@H](C[C@@H](n3c(=O)c(=O)[nH]c4ccccc43)C1)N2C1CCCCCCC1.C[C@@]12CC[C@@H](C[C@H](n3c(=O)c(=O)[nH]c4ccccc43)C1)N2C1CCCCCCC1. The van der Waals surface area contributed by atoms with Gasteiger partial charge in [0.05, 0.1) is 55.5 Å². The molecule has 5 aliphatic carbocycles. The van der Waals surface area contributed by atoms with Gasteiger partial charge in [-0.15, -0.1) is 0 Å². The van der Waals surface area contributed by atoms with Crippen LogP contribution in [0.2, 0.25) is 0 Å². The van der Waals surface area contributed by atoms with E-state index in [0.29, 0.717) is 60.1 Å². The maximum absolute atomic E-state index is 13.0. The maximum Gasteiger partial charge on any atom is 0.316 e. The second kappa shape index (κ2) is 45.0. The Labute approximate surface area is 851 Å². The monoisotopic (exact) mass is 1960 g/mol. The summed E-state index contributed by atoms with van der Waals surface area (Å²) in [5, 5.41) is 2.96. The van der Waals surface area contributed by atoms with Crippen molar-refractivity contribution in [2.45, 2.75) is 488 Å². The highest BCUT2D eigenvalue weighted by Crippen LogP contribution is 2.55. The second-order valence-corrected chi connectivity index (χ2v) is 48.1. The number of nitrogens with one attached hydrogen (secondary N) is 5. The molecule has 24 rings (SSSR count). The van der Waals surface area contributed by atoms with Gasteiger partial charge in [-0.1, -0.05) is 241 Å². The van der Waals surface area contributed by atoms with Crippen LogP contribution in [-0.4, -0.2) is 164 Å². The number of para-hydroxylation sites is 10. The summed E-state index contributed by atoms with van der Waals surface area (Å²) in [7, 11) is 0. The van der Waals surface area contributed by atoms with Crippen molar-refractivity contribution in [3.63, 3.8) is 0 Å². The largest absolute Gasteiger partial charge is 0.333 e. The number of carbonyl (C=O) groups excluding carboxylic acids is 1. The lowest BCUT2D eigenvalue weighted by atomic mass is 9.71. The van der Waals surface area contributed by atoms with Gasteiger partial charge in [0, 0.05) is 120 Å². The Hall–Kier alpha value is -9.33. The zero-order valence-electron chi connectivity index (χ0n) is 87.3. The average molecular weight is 1960 g/mol. The van der Waals surface area contributed by atoms with E-state index in [-0.39, 0.29) is 63.3 Å². The molecule has 776 valence electrons. The molecule has 0 radical (unpaired) electrons. The lowest BCUT2D eigenvalue weighted by molar-refractivity contribution is -0.113. The van der Waals surface area contributed by atoms with Gasteiger partial charge < -0.3 is 35.1 Å². The van der Waals surface area contributed by atoms with E-state index in [4.69, 9.17) is 0 Å². The number of carbonyl (C=O) groups is 1. The summed E-state index contributed by atoms with van der Waals surface area (Å²) in [5.41, 5.74) is 6.10. The molecular weight excluding hydrogens is 1800 g/mol. The Kier molecular flexibility index (Phi) is 31.8. The molecule has 0 spiro atoms. The Morgan fingerprint density at radius 3 is 0.799 bits per heavy atom. The molecule has 9 aromatic rings. The van der Waals surface area contributed by atoms with Crippen LogP contribution in [0.1, 0.15) is 405 Å². The van der Waals surface area contributed by atoms with Crippen LogP contribution < -0.4 is 54.7 Å². The molecule has 10 aliphatic heterocycles. The molecule has 15 aliphatic rings. The van der Waals surface area contributed by atoms with Crippen molar-refractivity contribution in [2.24, 2.45) is 0 Å². The second-order valence-electron chi connectivity index (χ2n) is 48.1. The third kappa shape index (κ3) is 21.4. The van der Waals surface area contributed by atoms with E-state index < -0.39 is 33.4 Å². The van der Waals surface area contributed by atoms with Gasteiger partial charge in [-0.2, -0.15) is 0 Å². The van der Waals surface area contributed by atoms with Crippen LogP contribution in [0.15, 0.2) is 172 Å². The van der Waals surface area contributed by atoms with Crippen molar-refractivity contribution in [1.82, 2.24) is 62.7 Å². The number of hydrogen-bond acceptors (Lipinski definition) is 15. The van der Waals surface area contributed by atoms with Gasteiger partial charge in [-0.05, 0) is 268 Å². The minimum Gasteiger partial charge on any atom is -0.333 e. The number of H-pyrrole nitrogens is 4. The highest BCUT2D eigenvalue weighted by atomic mass is 16.2. The molecular formula is C120H167N15O9. The maximum atomic E-state index is 13.0. The van der Waals surface area contributed by atoms with Gasteiger partial charge in [0.2, 0.25) is 0 Å². The van der Waals surface area contributed by atoms with Gasteiger partial charge in [0.15, 0.2) is 0 Å². The van der Waals surface area contributed by atoms with Crippen LogP contribution in [0.3, 0.4) is 0 Å². The Bertz CT molecular complexity index is 6150. The lowest BCUT2D eigenvalue weighted by Crippen LogP contribution is -2.63. The first kappa shape index (κ1) is 102. The number of amides is 1. The van der Waals surface area contributed by atoms with Gasteiger partial charge >= 0.3 is 44.5 Å². The molecule has 0 unspecified atom stereocenters. The molecule has 5 saturated carbocycles. The van der Waals surface area contributed by atoms with Crippen LogP contribution in [0.4, 0.5) is 11.4 Å². The van der Waals surface area contributed by atoms with Gasteiger partial charge in [0.25, 0.3) is 5.91 Å². The van der Waals surface area contributed by atoms with Gasteiger partial charge in [0.1, 0.15) is 5.70 Å². The van der Waals surface area contributed by atoms with E-state index in [1.54, 1.807) is 0 Å². The highest BCUT2D eigenvalue weighted by molar-refractivity contribution is 6.11. The quantitative estimate of drug-likeness (QED) is 0.0629. The molecule has 24 heteroatoms. The average Bonchev–Trinajstić information content (AvgIpc) is 0.951. The summed E-state index contributed by atoms with van der Waals surface area (Å²) < 4.78 is 7.31. The van der Waals surface area contributed by atoms with Crippen molar-refractivity contribution < 1.29 is 4.79 Å². The minimum atomic E-state index is -0.497. The predicted molar refractivity (Wildman–Crippen MR) is 583 cm³/mol. The Morgan fingerprint density at radius 2 is 0.507 bits per heavy atom. The smallest absolute Gasteiger partial charge is 0.316 e. The third-order valence-electron chi connectivity index (χ3n) is 38.5. The zero-order valence-corrected chi connectivity index (χ0v) is 87.3. The summed E-state index contributed by atoms with van der Waals surface area (Å²) >= 11 is 0. The van der Waals surface area contributed by atoms with Crippen LogP contribution in [-0.2, 0) is 4.79 Å². The van der Waals surface area contributed by atoms with E-state index >= 15 is 0 Å². The summed E-state index contributed by atoms with van der Waals surface area (Å²) in [6.07, 6.45) is 70.1. The van der Waals surface area contributed by atoms with Crippen molar-refractivity contribution in [3.05, 3.63) is 216 Å². The topological polar surface area (TPSA) is 268 Å². The number of nitrogens with zero attached hydrogens (tertiary/aromatic N) is 10. The zero-order chi connectivity index (χ0) is 99.4. The number of fused-ring (bicyclic) bond motifs is 13. The van der Waals surface area contributed by atoms with Crippen LogP contribution >= 0.6 is 0 Å². The number of rotatable bonds is 10. The summed E-state index contributed by atoms with van der Waals surface area (Å²) in [4.78, 5) is 141. The number of aromatic amines is 4. The lowest BCUT2D eigenvalue weighted by Gasteiger charge is -2.59. The summed E-state index contributed by atoms with van der Waals surface area (Å²) in [6.45, 7) is 16.1. The van der Waals surface area contributed by atoms with Crippen molar-refractivity contribution in [3.8, 4) is 0 Å². The van der Waals surface area contributed by atoms with E-state index in [9.17, 15) is 43.2 Å². The molecule has 144 heavy (non-hydrogen) atoms. The molecule has 24 nitrogen and oxygen atoms in total. The molecule has 14 fully saturated rings. The number of likely N-dealkylation sites (tertiary alicyclic amines) is 1. The normalized spacial score (nSPS) is 30.1. The molecule has 5 aromatic carbocycles. The Balaban J connectivity index is 0.000000110.